The summed E-state index contributed by atoms with van der Waals surface area (Å²) in [6.45, 7) is 24.0. The van der Waals surface area contributed by atoms with Gasteiger partial charge in [0, 0.05) is 25.3 Å². The van der Waals surface area contributed by atoms with Crippen LogP contribution in [0.5, 0.6) is 0 Å². The van der Waals surface area contributed by atoms with Crippen molar-refractivity contribution in [3.63, 3.8) is 0 Å². The van der Waals surface area contributed by atoms with E-state index in [2.05, 4.69) is 75.7 Å². The second-order valence-electron chi connectivity index (χ2n) is 8.92. The molecular formula is C34H58N2O2. The highest BCUT2D eigenvalue weighted by atomic mass is 16.3. The smallest absolute Gasteiger partial charge is 0.253 e. The molecule has 0 radical (unpaired) electrons. The highest BCUT2D eigenvalue weighted by Crippen LogP contribution is 2.08. The van der Waals surface area contributed by atoms with E-state index in [-0.39, 0.29) is 18.4 Å². The van der Waals surface area contributed by atoms with E-state index in [0.717, 1.165) is 18.8 Å². The van der Waals surface area contributed by atoms with Crippen molar-refractivity contribution in [3.8, 4) is 0 Å². The number of aliphatic hydroxyl groups excluding tert-OH is 1. The van der Waals surface area contributed by atoms with Gasteiger partial charge in [0.25, 0.3) is 5.91 Å². The Balaban J connectivity index is -0.000000541. The summed E-state index contributed by atoms with van der Waals surface area (Å²) in [7, 11) is 0. The molecule has 1 amide bonds. The van der Waals surface area contributed by atoms with Gasteiger partial charge in [0.1, 0.15) is 0 Å². The van der Waals surface area contributed by atoms with Crippen LogP contribution in [0.15, 0.2) is 89.6 Å². The third kappa shape index (κ3) is 25.0. The predicted molar refractivity (Wildman–Crippen MR) is 172 cm³/mol. The molecule has 0 spiro atoms. The Morgan fingerprint density at radius 3 is 2.08 bits per heavy atom. The first-order valence-electron chi connectivity index (χ1n) is 14.2. The molecule has 0 saturated carbocycles. The van der Waals surface area contributed by atoms with Crippen LogP contribution in [0.25, 0.3) is 0 Å². The number of aliphatic imine (C=N–C) groups is 1. The van der Waals surface area contributed by atoms with E-state index >= 15 is 0 Å². The summed E-state index contributed by atoms with van der Waals surface area (Å²) < 4.78 is 0. The number of aliphatic hydroxyl groups is 1. The lowest BCUT2D eigenvalue weighted by molar-refractivity contribution is -0.127. The second-order valence-corrected chi connectivity index (χ2v) is 8.92. The summed E-state index contributed by atoms with van der Waals surface area (Å²) in [5, 5.41) is 9.11. The van der Waals surface area contributed by atoms with E-state index in [4.69, 9.17) is 5.11 Å². The van der Waals surface area contributed by atoms with E-state index in [1.54, 1.807) is 23.3 Å². The minimum absolute atomic E-state index is 0.0385. The number of rotatable bonds is 15. The number of amides is 1. The van der Waals surface area contributed by atoms with Crippen LogP contribution in [0.1, 0.15) is 81.6 Å². The van der Waals surface area contributed by atoms with Crippen molar-refractivity contribution in [1.29, 1.82) is 0 Å². The third-order valence-electron chi connectivity index (χ3n) is 5.47. The Kier molecular flexibility index (Phi) is 31.9. The molecule has 0 heterocycles. The number of carbonyl (C=O) groups excluding carboxylic acids is 1. The summed E-state index contributed by atoms with van der Waals surface area (Å²) in [4.78, 5) is 18.2. The Labute approximate surface area is 236 Å². The van der Waals surface area contributed by atoms with Gasteiger partial charge < -0.3 is 10.0 Å². The van der Waals surface area contributed by atoms with Crippen LogP contribution < -0.4 is 0 Å². The third-order valence-corrected chi connectivity index (χ3v) is 5.47. The Hall–Kier alpha value is -2.72. The molecule has 0 aliphatic rings. The van der Waals surface area contributed by atoms with Crippen molar-refractivity contribution < 1.29 is 9.90 Å². The lowest BCUT2D eigenvalue weighted by Crippen LogP contribution is -2.37. The number of hydrogen-bond donors (Lipinski definition) is 1. The van der Waals surface area contributed by atoms with Crippen LogP contribution in [-0.4, -0.2) is 48.4 Å². The van der Waals surface area contributed by atoms with E-state index in [1.165, 1.54) is 12.0 Å². The van der Waals surface area contributed by atoms with E-state index < -0.39 is 0 Å². The Bertz CT molecular complexity index is 782. The SMILES string of the molecule is C/C=C\C=C/[C@H](C)CC.C=CC(=CCN=CC)C(=O)N(CCC)CC(C)CO.C\C=C/C=C\C(=C/C)CC. The van der Waals surface area contributed by atoms with Gasteiger partial charge in [-0.2, -0.15) is 0 Å². The number of hydrogen-bond acceptors (Lipinski definition) is 3. The summed E-state index contributed by atoms with van der Waals surface area (Å²) in [6, 6.07) is 0. The highest BCUT2D eigenvalue weighted by Gasteiger charge is 2.17. The van der Waals surface area contributed by atoms with Crippen molar-refractivity contribution >= 4 is 12.1 Å². The molecule has 1 N–H and O–H groups in total. The topological polar surface area (TPSA) is 52.9 Å². The average molecular weight is 527 g/mol. The quantitative estimate of drug-likeness (QED) is 0.132. The van der Waals surface area contributed by atoms with Gasteiger partial charge in [0.15, 0.2) is 0 Å². The lowest BCUT2D eigenvalue weighted by atomic mass is 10.1. The van der Waals surface area contributed by atoms with Gasteiger partial charge in [0.2, 0.25) is 0 Å². The van der Waals surface area contributed by atoms with Crippen molar-refractivity contribution in [2.24, 2.45) is 16.8 Å². The molecule has 2 atom stereocenters. The van der Waals surface area contributed by atoms with Crippen LogP contribution in [0, 0.1) is 11.8 Å². The predicted octanol–water partition coefficient (Wildman–Crippen LogP) is 8.70. The zero-order chi connectivity index (χ0) is 29.6. The van der Waals surface area contributed by atoms with Gasteiger partial charge in [-0.3, -0.25) is 9.79 Å². The maximum Gasteiger partial charge on any atom is 0.253 e. The summed E-state index contributed by atoms with van der Waals surface area (Å²) >= 11 is 0. The highest BCUT2D eigenvalue weighted by molar-refractivity contribution is 5.96. The molecule has 0 bridgehead atoms. The zero-order valence-corrected chi connectivity index (χ0v) is 26.0. The molecule has 38 heavy (non-hydrogen) atoms. The number of carbonyl (C=O) groups is 1. The molecule has 0 aromatic heterocycles. The molecule has 0 saturated heterocycles. The largest absolute Gasteiger partial charge is 0.396 e. The summed E-state index contributed by atoms with van der Waals surface area (Å²) in [6.07, 6.45) is 27.1. The molecule has 0 aliphatic carbocycles. The molecule has 0 aliphatic heterocycles. The van der Waals surface area contributed by atoms with E-state index in [0.29, 0.717) is 25.2 Å². The molecule has 4 heteroatoms. The molecule has 0 fully saturated rings. The molecule has 0 aromatic carbocycles. The fraction of sp³-hybridized carbons (Fsp3) is 0.529. The fourth-order valence-corrected chi connectivity index (χ4v) is 2.89. The second kappa shape index (κ2) is 30.5. The maximum absolute atomic E-state index is 12.4. The maximum atomic E-state index is 12.4. The van der Waals surface area contributed by atoms with Gasteiger partial charge in [-0.15, -0.1) is 0 Å². The normalized spacial score (nSPS) is 14.1. The van der Waals surface area contributed by atoms with E-state index in [9.17, 15) is 4.79 Å². The molecular weight excluding hydrogens is 468 g/mol. The first kappa shape index (κ1) is 39.8. The Morgan fingerprint density at radius 1 is 1.00 bits per heavy atom. The van der Waals surface area contributed by atoms with Crippen molar-refractivity contribution in [3.05, 3.63) is 84.6 Å². The average Bonchev–Trinajstić information content (AvgIpc) is 2.93. The molecule has 4 nitrogen and oxygen atoms in total. The minimum Gasteiger partial charge on any atom is -0.396 e. The van der Waals surface area contributed by atoms with Crippen LogP contribution in [-0.2, 0) is 4.79 Å². The summed E-state index contributed by atoms with van der Waals surface area (Å²) in [5.74, 6) is 0.764. The van der Waals surface area contributed by atoms with E-state index in [1.807, 2.05) is 52.8 Å². The Morgan fingerprint density at radius 2 is 1.63 bits per heavy atom. The zero-order valence-electron chi connectivity index (χ0n) is 26.0. The van der Waals surface area contributed by atoms with Crippen LogP contribution in [0.3, 0.4) is 0 Å². The van der Waals surface area contributed by atoms with Gasteiger partial charge in [-0.05, 0) is 58.6 Å². The fourth-order valence-electron chi connectivity index (χ4n) is 2.89. The van der Waals surface area contributed by atoms with Crippen LogP contribution in [0.4, 0.5) is 0 Å². The molecule has 216 valence electrons. The van der Waals surface area contributed by atoms with Crippen molar-refractivity contribution in [1.82, 2.24) is 4.90 Å². The van der Waals surface area contributed by atoms with Crippen molar-refractivity contribution in [2.75, 3.05) is 26.2 Å². The lowest BCUT2D eigenvalue weighted by Gasteiger charge is -2.25. The first-order chi connectivity index (χ1) is 18.3. The number of nitrogens with zero attached hydrogens (tertiary/aromatic N) is 2. The standard InChI is InChI=1S/C15H26N2O2.C10H16.C9H16/c1-5-10-17(11-13(4)12-18)15(19)14(6-2)8-9-16-7-3;1-4-7-8-9-10(5-2)6-3;1-4-6-7-8-9(3)5-2/h6-8,13,18H,2,5,9-12H2,1,3-4H3;4-5,7-9H,6H2,1-3H3;4,6-9H,5H2,1-3H3/b;7-4-,9-8-,10-5-;6-4-,8-7-/t;;9-/m..1/s1. The van der Waals surface area contributed by atoms with Gasteiger partial charge >= 0.3 is 0 Å². The monoisotopic (exact) mass is 526 g/mol. The first-order valence-corrected chi connectivity index (χ1v) is 14.2. The van der Waals surface area contributed by atoms with Gasteiger partial charge in [-0.1, -0.05) is 120 Å². The molecule has 0 rings (SSSR count). The number of allylic oxidation sites excluding steroid dienone is 10. The molecule has 0 aromatic rings. The summed E-state index contributed by atoms with van der Waals surface area (Å²) in [5.41, 5.74) is 1.96. The molecule has 1 unspecified atom stereocenters. The van der Waals surface area contributed by atoms with Crippen LogP contribution in [0.2, 0.25) is 0 Å². The van der Waals surface area contributed by atoms with Crippen LogP contribution >= 0.6 is 0 Å². The van der Waals surface area contributed by atoms with Gasteiger partial charge in [-0.25, -0.2) is 0 Å². The minimum atomic E-state index is -0.0385. The van der Waals surface area contributed by atoms with Crippen molar-refractivity contribution in [2.45, 2.75) is 81.6 Å². The van der Waals surface area contributed by atoms with Gasteiger partial charge in [0.05, 0.1) is 6.54 Å².